The summed E-state index contributed by atoms with van der Waals surface area (Å²) in [6.07, 6.45) is 0. The van der Waals surface area contributed by atoms with Crippen molar-refractivity contribution < 1.29 is 9.59 Å². The maximum Gasteiger partial charge on any atom is 0.253 e. The van der Waals surface area contributed by atoms with Gasteiger partial charge in [-0.1, -0.05) is 30.3 Å². The number of carbonyl (C=O) groups excluding carboxylic acids is 2. The fraction of sp³-hybridized carbons (Fsp3) is 0.333. The zero-order chi connectivity index (χ0) is 18.5. The molecular formula is C21H25N3O2. The summed E-state index contributed by atoms with van der Waals surface area (Å²) in [5.74, 6) is 0.0478. The average Bonchev–Trinajstić information content (AvgIpc) is 2.66. The number of rotatable bonds is 4. The molecular weight excluding hydrogens is 326 g/mol. The van der Waals surface area contributed by atoms with Crippen molar-refractivity contribution in [2.45, 2.75) is 13.8 Å². The van der Waals surface area contributed by atoms with E-state index in [-0.39, 0.29) is 11.8 Å². The van der Waals surface area contributed by atoms with Gasteiger partial charge in [0.05, 0.1) is 6.54 Å². The second-order valence-corrected chi connectivity index (χ2v) is 6.73. The van der Waals surface area contributed by atoms with Crippen LogP contribution in [0.1, 0.15) is 21.5 Å². The highest BCUT2D eigenvalue weighted by molar-refractivity contribution is 5.94. The fourth-order valence-electron chi connectivity index (χ4n) is 3.15. The number of nitrogens with one attached hydrogen (secondary N) is 1. The van der Waals surface area contributed by atoms with E-state index in [0.717, 1.165) is 16.8 Å². The minimum atomic E-state index is -0.0125. The van der Waals surface area contributed by atoms with E-state index in [2.05, 4.69) is 10.2 Å². The number of piperazine rings is 1. The normalized spacial score (nSPS) is 14.9. The highest BCUT2D eigenvalue weighted by Gasteiger charge is 2.23. The summed E-state index contributed by atoms with van der Waals surface area (Å²) in [7, 11) is 0. The fourth-order valence-corrected chi connectivity index (χ4v) is 3.15. The van der Waals surface area contributed by atoms with Gasteiger partial charge in [0.25, 0.3) is 5.91 Å². The molecule has 3 rings (SSSR count). The minimum absolute atomic E-state index is 0.0125. The molecule has 0 aromatic heterocycles. The monoisotopic (exact) mass is 351 g/mol. The molecule has 136 valence electrons. The van der Waals surface area contributed by atoms with E-state index in [4.69, 9.17) is 0 Å². The number of carbonyl (C=O) groups is 2. The van der Waals surface area contributed by atoms with Gasteiger partial charge in [-0.15, -0.1) is 0 Å². The molecule has 0 aliphatic carbocycles. The Labute approximate surface area is 154 Å². The predicted octanol–water partition coefficient (Wildman–Crippen LogP) is 2.70. The minimum Gasteiger partial charge on any atom is -0.336 e. The molecule has 1 heterocycles. The summed E-state index contributed by atoms with van der Waals surface area (Å²) in [4.78, 5) is 28.8. The Morgan fingerprint density at radius 1 is 0.923 bits per heavy atom. The molecule has 0 unspecified atom stereocenters. The zero-order valence-electron chi connectivity index (χ0n) is 15.4. The van der Waals surface area contributed by atoms with Crippen molar-refractivity contribution in [3.05, 3.63) is 65.2 Å². The van der Waals surface area contributed by atoms with Crippen molar-refractivity contribution >= 4 is 17.5 Å². The molecule has 0 saturated carbocycles. The average molecular weight is 351 g/mol. The molecule has 1 N–H and O–H groups in total. The van der Waals surface area contributed by atoms with Gasteiger partial charge in [-0.25, -0.2) is 0 Å². The summed E-state index contributed by atoms with van der Waals surface area (Å²) in [6, 6.07) is 15.3. The Morgan fingerprint density at radius 2 is 1.62 bits per heavy atom. The van der Waals surface area contributed by atoms with Gasteiger partial charge in [0, 0.05) is 37.4 Å². The molecule has 26 heavy (non-hydrogen) atoms. The van der Waals surface area contributed by atoms with E-state index in [9.17, 15) is 9.59 Å². The van der Waals surface area contributed by atoms with Gasteiger partial charge < -0.3 is 10.2 Å². The van der Waals surface area contributed by atoms with E-state index in [1.54, 1.807) is 0 Å². The highest BCUT2D eigenvalue weighted by atomic mass is 16.2. The molecule has 2 aromatic carbocycles. The van der Waals surface area contributed by atoms with Crippen molar-refractivity contribution in [2.24, 2.45) is 0 Å². The van der Waals surface area contributed by atoms with Crippen LogP contribution in [0.2, 0.25) is 0 Å². The molecule has 0 atom stereocenters. The van der Waals surface area contributed by atoms with Crippen molar-refractivity contribution in [1.29, 1.82) is 0 Å². The van der Waals surface area contributed by atoms with Crippen LogP contribution in [0.25, 0.3) is 0 Å². The third-order valence-corrected chi connectivity index (χ3v) is 4.93. The van der Waals surface area contributed by atoms with Gasteiger partial charge in [-0.2, -0.15) is 0 Å². The first-order chi connectivity index (χ1) is 12.5. The lowest BCUT2D eigenvalue weighted by molar-refractivity contribution is -0.117. The summed E-state index contributed by atoms with van der Waals surface area (Å²) in [6.45, 7) is 7.10. The summed E-state index contributed by atoms with van der Waals surface area (Å²) in [5.41, 5.74) is 3.84. The lowest BCUT2D eigenvalue weighted by Crippen LogP contribution is -2.50. The Morgan fingerprint density at radius 3 is 2.31 bits per heavy atom. The van der Waals surface area contributed by atoms with E-state index < -0.39 is 0 Å². The third-order valence-electron chi connectivity index (χ3n) is 4.93. The number of nitrogens with zero attached hydrogens (tertiary/aromatic N) is 2. The number of aryl methyl sites for hydroxylation is 1. The lowest BCUT2D eigenvalue weighted by Gasteiger charge is -2.34. The summed E-state index contributed by atoms with van der Waals surface area (Å²) < 4.78 is 0. The first-order valence-corrected chi connectivity index (χ1v) is 8.97. The largest absolute Gasteiger partial charge is 0.336 e. The quantitative estimate of drug-likeness (QED) is 0.921. The van der Waals surface area contributed by atoms with Crippen LogP contribution in [0.3, 0.4) is 0 Å². The van der Waals surface area contributed by atoms with Crippen LogP contribution in [0, 0.1) is 13.8 Å². The molecule has 2 aromatic rings. The second-order valence-electron chi connectivity index (χ2n) is 6.73. The molecule has 5 nitrogen and oxygen atoms in total. The van der Waals surface area contributed by atoms with Crippen LogP contribution in [-0.4, -0.2) is 54.3 Å². The van der Waals surface area contributed by atoms with Crippen LogP contribution in [0.4, 0.5) is 5.69 Å². The summed E-state index contributed by atoms with van der Waals surface area (Å²) >= 11 is 0. The molecule has 1 aliphatic heterocycles. The number of amides is 2. The van der Waals surface area contributed by atoms with Crippen LogP contribution in [-0.2, 0) is 4.79 Å². The molecule has 5 heteroatoms. The number of benzene rings is 2. The number of hydrogen-bond donors (Lipinski definition) is 1. The van der Waals surface area contributed by atoms with Crippen molar-refractivity contribution in [3.63, 3.8) is 0 Å². The van der Waals surface area contributed by atoms with Gasteiger partial charge in [-0.3, -0.25) is 14.5 Å². The van der Waals surface area contributed by atoms with E-state index in [0.29, 0.717) is 38.3 Å². The van der Waals surface area contributed by atoms with Gasteiger partial charge in [-0.05, 0) is 43.2 Å². The highest BCUT2D eigenvalue weighted by Crippen LogP contribution is 2.18. The predicted molar refractivity (Wildman–Crippen MR) is 103 cm³/mol. The van der Waals surface area contributed by atoms with E-state index >= 15 is 0 Å². The molecule has 1 saturated heterocycles. The topological polar surface area (TPSA) is 52.7 Å². The molecule has 0 spiro atoms. The van der Waals surface area contributed by atoms with Crippen LogP contribution >= 0.6 is 0 Å². The molecule has 2 amide bonds. The van der Waals surface area contributed by atoms with Crippen LogP contribution in [0.5, 0.6) is 0 Å². The lowest BCUT2D eigenvalue weighted by atomic mass is 10.1. The first kappa shape index (κ1) is 18.1. The maximum absolute atomic E-state index is 12.5. The standard InChI is InChI=1S/C21H25N3O2/c1-16-7-6-10-19(17(16)2)22-20(25)15-23-11-13-24(14-12-23)21(26)18-8-4-3-5-9-18/h3-10H,11-15H2,1-2H3,(H,22,25). The van der Waals surface area contributed by atoms with E-state index in [1.165, 1.54) is 0 Å². The Balaban J connectivity index is 1.50. The van der Waals surface area contributed by atoms with Gasteiger partial charge in [0.2, 0.25) is 5.91 Å². The smallest absolute Gasteiger partial charge is 0.253 e. The summed E-state index contributed by atoms with van der Waals surface area (Å²) in [5, 5.41) is 3.00. The van der Waals surface area contributed by atoms with Crippen molar-refractivity contribution in [1.82, 2.24) is 9.80 Å². The van der Waals surface area contributed by atoms with Crippen molar-refractivity contribution in [2.75, 3.05) is 38.0 Å². The first-order valence-electron chi connectivity index (χ1n) is 8.97. The zero-order valence-corrected chi connectivity index (χ0v) is 15.4. The van der Waals surface area contributed by atoms with Crippen LogP contribution in [0.15, 0.2) is 48.5 Å². The van der Waals surface area contributed by atoms with E-state index in [1.807, 2.05) is 67.3 Å². The molecule has 0 bridgehead atoms. The Kier molecular flexibility index (Phi) is 5.68. The van der Waals surface area contributed by atoms with Gasteiger partial charge in [0.15, 0.2) is 0 Å². The molecule has 1 aliphatic rings. The molecule has 1 fully saturated rings. The van der Waals surface area contributed by atoms with Gasteiger partial charge in [0.1, 0.15) is 0 Å². The van der Waals surface area contributed by atoms with Crippen LogP contribution < -0.4 is 5.32 Å². The SMILES string of the molecule is Cc1cccc(NC(=O)CN2CCN(C(=O)c3ccccc3)CC2)c1C. The molecule has 0 radical (unpaired) electrons. The number of hydrogen-bond acceptors (Lipinski definition) is 3. The number of anilines is 1. The van der Waals surface area contributed by atoms with Crippen molar-refractivity contribution in [3.8, 4) is 0 Å². The maximum atomic E-state index is 12.5. The third kappa shape index (κ3) is 4.29. The Bertz CT molecular complexity index is 781. The Hall–Kier alpha value is -2.66. The van der Waals surface area contributed by atoms with Gasteiger partial charge >= 0.3 is 0 Å². The second kappa shape index (κ2) is 8.15.